The average Bonchev–Trinajstić information content (AvgIpc) is 3.23. The molecule has 0 fully saturated rings. The molecule has 2 N–H and O–H groups in total. The molecule has 0 bridgehead atoms. The number of ketones is 2. The highest BCUT2D eigenvalue weighted by Gasteiger charge is 2.44. The van der Waals surface area contributed by atoms with Crippen LogP contribution in [0.4, 0.5) is 0 Å². The molecule has 0 aliphatic heterocycles. The smallest absolute Gasteiger partial charge is 0.264 e. The number of carbonyl (C=O) groups is 2. The van der Waals surface area contributed by atoms with Gasteiger partial charge in [0.2, 0.25) is 0 Å². The molecule has 2 aromatic carbocycles. The maximum Gasteiger partial charge on any atom is 0.264 e. The van der Waals surface area contributed by atoms with Crippen molar-refractivity contribution >= 4 is 21.7 Å². The number of aliphatic hydroxyl groups excluding tert-OH is 2. The van der Waals surface area contributed by atoms with Crippen LogP contribution in [0, 0.1) is 0 Å². The Kier molecular flexibility index (Phi) is 8.54. The molecule has 0 amide bonds. The van der Waals surface area contributed by atoms with Crippen molar-refractivity contribution in [3.05, 3.63) is 68.1 Å². The van der Waals surface area contributed by atoms with Crippen molar-refractivity contribution in [2.75, 3.05) is 52.8 Å². The van der Waals surface area contributed by atoms with Gasteiger partial charge in [0.1, 0.15) is 18.1 Å². The Morgan fingerprint density at radius 3 is 2.41 bits per heavy atom. The number of fused-ring (bicyclic) bond motifs is 4. The first-order chi connectivity index (χ1) is 18.6. The van der Waals surface area contributed by atoms with E-state index in [1.807, 2.05) is 0 Å². The molecule has 39 heavy (non-hydrogen) atoms. The highest BCUT2D eigenvalue weighted by atomic mass is 32.2. The van der Waals surface area contributed by atoms with Gasteiger partial charge in [-0.25, -0.2) is 0 Å². The number of methoxy groups -OCH3 is 1. The van der Waals surface area contributed by atoms with E-state index in [-0.39, 0.29) is 59.8 Å². The minimum Gasteiger partial charge on any atom is -0.497 e. The normalized spacial score (nSPS) is 17.9. The number of rotatable bonds is 12. The first kappa shape index (κ1) is 28.5. The number of carbonyl (C=O) groups excluding carboxylic acids is 2. The summed E-state index contributed by atoms with van der Waals surface area (Å²) in [5.74, 6) is -0.349. The van der Waals surface area contributed by atoms with E-state index >= 15 is 0 Å². The third-order valence-electron chi connectivity index (χ3n) is 6.65. The van der Waals surface area contributed by atoms with Crippen LogP contribution in [0.25, 0.3) is 10.4 Å². The van der Waals surface area contributed by atoms with Crippen molar-refractivity contribution < 1.29 is 41.9 Å². The van der Waals surface area contributed by atoms with E-state index in [9.17, 15) is 33.8 Å². The first-order valence-corrected chi connectivity index (χ1v) is 13.9. The van der Waals surface area contributed by atoms with E-state index < -0.39 is 33.8 Å². The molecule has 0 aromatic heterocycles. The summed E-state index contributed by atoms with van der Waals surface area (Å²) in [5, 5.41) is 22.3. The number of aliphatic hydroxyl groups is 2. The molecule has 4 rings (SSSR count). The van der Waals surface area contributed by atoms with Gasteiger partial charge in [-0.05, 0) is 35.4 Å². The van der Waals surface area contributed by atoms with Crippen molar-refractivity contribution in [1.82, 2.24) is 4.90 Å². The van der Waals surface area contributed by atoms with Crippen molar-refractivity contribution in [2.24, 2.45) is 5.11 Å². The molecule has 0 saturated heterocycles. The third-order valence-corrected chi connectivity index (χ3v) is 7.25. The number of ether oxygens (including phenoxy) is 2. The standard InChI is InChI=1S/C25H28N4O9S/c1-36-14-3-4-15-16(11-14)24(32)18-13-19(37-10-7-29(5-8-30)6-9-31)22-17(21(18)25(15)33)12-20(23(22)27-28-26)38-39(2,34)35/h3-4,11,13,20,23,30-31H,5-10,12H2,1-2H3. The molecule has 208 valence electrons. The Balaban J connectivity index is 1.84. The van der Waals surface area contributed by atoms with Gasteiger partial charge in [-0.15, -0.1) is 0 Å². The lowest BCUT2D eigenvalue weighted by molar-refractivity contribution is 0.0977. The zero-order chi connectivity index (χ0) is 28.3. The summed E-state index contributed by atoms with van der Waals surface area (Å²) in [6.07, 6.45) is -0.400. The number of hydrogen-bond acceptors (Lipinski definition) is 11. The van der Waals surface area contributed by atoms with Crippen LogP contribution in [0.15, 0.2) is 29.4 Å². The summed E-state index contributed by atoms with van der Waals surface area (Å²) < 4.78 is 40.5. The molecule has 2 aliphatic rings. The van der Waals surface area contributed by atoms with E-state index in [0.717, 1.165) is 6.26 Å². The van der Waals surface area contributed by atoms with Crippen LogP contribution < -0.4 is 9.47 Å². The Hall–Kier alpha value is -3.52. The Morgan fingerprint density at radius 1 is 1.08 bits per heavy atom. The summed E-state index contributed by atoms with van der Waals surface area (Å²) in [7, 11) is -2.53. The van der Waals surface area contributed by atoms with Gasteiger partial charge < -0.3 is 19.7 Å². The molecule has 2 atom stereocenters. The van der Waals surface area contributed by atoms with Crippen molar-refractivity contribution in [3.8, 4) is 11.5 Å². The average molecular weight is 561 g/mol. The molecule has 0 heterocycles. The molecule has 0 saturated carbocycles. The topological polar surface area (TPSA) is 188 Å². The van der Waals surface area contributed by atoms with Crippen LogP contribution in [0.1, 0.15) is 49.0 Å². The van der Waals surface area contributed by atoms with Gasteiger partial charge in [0.25, 0.3) is 10.1 Å². The van der Waals surface area contributed by atoms with Gasteiger partial charge in [0, 0.05) is 58.8 Å². The fourth-order valence-electron chi connectivity index (χ4n) is 5.04. The summed E-state index contributed by atoms with van der Waals surface area (Å²) in [5.41, 5.74) is 10.3. The summed E-state index contributed by atoms with van der Waals surface area (Å²) in [6.45, 7) is 0.689. The van der Waals surface area contributed by atoms with Crippen LogP contribution in [0.3, 0.4) is 0 Å². The minimum absolute atomic E-state index is 0.0539. The minimum atomic E-state index is -3.98. The zero-order valence-corrected chi connectivity index (χ0v) is 22.2. The molecule has 2 aromatic rings. The van der Waals surface area contributed by atoms with Crippen LogP contribution in [-0.2, 0) is 20.7 Å². The van der Waals surface area contributed by atoms with Gasteiger partial charge in [0.05, 0.1) is 38.7 Å². The highest BCUT2D eigenvalue weighted by molar-refractivity contribution is 7.86. The monoisotopic (exact) mass is 560 g/mol. The lowest BCUT2D eigenvalue weighted by Gasteiger charge is -2.24. The Bertz CT molecular complexity index is 1450. The van der Waals surface area contributed by atoms with Crippen molar-refractivity contribution in [2.45, 2.75) is 18.6 Å². The van der Waals surface area contributed by atoms with Crippen LogP contribution in [0.2, 0.25) is 0 Å². The molecule has 0 radical (unpaired) electrons. The maximum absolute atomic E-state index is 13.7. The molecule has 13 nitrogen and oxygen atoms in total. The maximum atomic E-state index is 13.7. The van der Waals surface area contributed by atoms with Gasteiger partial charge in [-0.1, -0.05) is 5.11 Å². The Labute approximate surface area is 224 Å². The summed E-state index contributed by atoms with van der Waals surface area (Å²) in [4.78, 5) is 31.9. The quantitative estimate of drug-likeness (QED) is 0.142. The SMILES string of the molecule is COc1ccc2c(c1)C(=O)c1cc(OCCN(CCO)CCO)c3c(c1C2=O)CC(OS(C)(=O)=O)C3N=[N+]=[N-]. The number of azide groups is 1. The summed E-state index contributed by atoms with van der Waals surface area (Å²) in [6, 6.07) is 4.80. The Morgan fingerprint density at radius 2 is 1.79 bits per heavy atom. The van der Waals surface area contributed by atoms with Gasteiger partial charge in [0.15, 0.2) is 11.6 Å². The van der Waals surface area contributed by atoms with E-state index in [1.165, 1.54) is 25.3 Å². The third kappa shape index (κ3) is 5.76. The zero-order valence-electron chi connectivity index (χ0n) is 21.4. The van der Waals surface area contributed by atoms with Gasteiger partial charge >= 0.3 is 0 Å². The number of nitrogens with zero attached hydrogens (tertiary/aromatic N) is 4. The molecule has 14 heteroatoms. The van der Waals surface area contributed by atoms with E-state index in [4.69, 9.17) is 13.7 Å². The molecular formula is C25H28N4O9S. The van der Waals surface area contributed by atoms with Crippen LogP contribution >= 0.6 is 0 Å². The van der Waals surface area contributed by atoms with E-state index in [0.29, 0.717) is 30.9 Å². The van der Waals surface area contributed by atoms with E-state index in [1.54, 1.807) is 11.0 Å². The molecule has 2 aliphatic carbocycles. The van der Waals surface area contributed by atoms with Gasteiger partial charge in [-0.2, -0.15) is 8.42 Å². The fraction of sp³-hybridized carbons (Fsp3) is 0.440. The van der Waals surface area contributed by atoms with Crippen molar-refractivity contribution in [3.63, 3.8) is 0 Å². The predicted molar refractivity (Wildman–Crippen MR) is 138 cm³/mol. The second kappa shape index (κ2) is 11.7. The predicted octanol–water partition coefficient (Wildman–Crippen LogP) is 1.39. The molecule has 2 unspecified atom stereocenters. The first-order valence-electron chi connectivity index (χ1n) is 12.1. The second-order valence-corrected chi connectivity index (χ2v) is 10.7. The number of benzene rings is 2. The van der Waals surface area contributed by atoms with Gasteiger partial charge in [-0.3, -0.25) is 18.7 Å². The van der Waals surface area contributed by atoms with Crippen molar-refractivity contribution in [1.29, 1.82) is 0 Å². The fourth-order valence-corrected chi connectivity index (χ4v) is 5.66. The molecule has 0 spiro atoms. The highest BCUT2D eigenvalue weighted by Crippen LogP contribution is 2.47. The van der Waals surface area contributed by atoms with Crippen LogP contribution in [0.5, 0.6) is 11.5 Å². The van der Waals surface area contributed by atoms with Crippen LogP contribution in [-0.4, -0.2) is 94.0 Å². The summed E-state index contributed by atoms with van der Waals surface area (Å²) >= 11 is 0. The lowest BCUT2D eigenvalue weighted by Crippen LogP contribution is -2.33. The largest absolute Gasteiger partial charge is 0.497 e. The van der Waals surface area contributed by atoms with E-state index in [2.05, 4.69) is 10.0 Å². The molecular weight excluding hydrogens is 532 g/mol. The number of hydrogen-bond donors (Lipinski definition) is 2. The lowest BCUT2D eigenvalue weighted by atomic mass is 9.80. The second-order valence-electron chi connectivity index (χ2n) is 9.09.